The third kappa shape index (κ3) is 4.79. The van der Waals surface area contributed by atoms with Gasteiger partial charge in [-0.1, -0.05) is 84.9 Å². The number of benzene rings is 6. The van der Waals surface area contributed by atoms with Gasteiger partial charge in [-0.2, -0.15) is 0 Å². The van der Waals surface area contributed by atoms with E-state index in [4.69, 9.17) is 0 Å². The zero-order valence-corrected chi connectivity index (χ0v) is 25.3. The first-order valence-electron chi connectivity index (χ1n) is 15.1. The summed E-state index contributed by atoms with van der Waals surface area (Å²) in [6.07, 6.45) is 0.953. The predicted octanol–water partition coefficient (Wildman–Crippen LogP) is 11.4. The highest BCUT2D eigenvalue weighted by atomic mass is 15.2. The van der Waals surface area contributed by atoms with Crippen LogP contribution in [0.1, 0.15) is 33.4 Å². The van der Waals surface area contributed by atoms with E-state index in [2.05, 4.69) is 171 Å². The number of aryl methyl sites for hydroxylation is 4. The molecule has 6 aromatic rings. The SMILES string of the molecule is Cc1ccccc1N(c1ccc2c(c1)-c1cc(N(c3ccccc3C)c3ccccc3C)ccc1C2)c1ccccc1C. The Bertz CT molecular complexity index is 1730. The number of hydrogen-bond acceptors (Lipinski definition) is 2. The molecular weight excluding hydrogens is 520 g/mol. The smallest absolute Gasteiger partial charge is 0.0490 e. The minimum absolute atomic E-state index is 0.953. The largest absolute Gasteiger partial charge is 0.310 e. The molecule has 0 heterocycles. The molecule has 0 saturated heterocycles. The van der Waals surface area contributed by atoms with Crippen LogP contribution in [0, 0.1) is 27.7 Å². The summed E-state index contributed by atoms with van der Waals surface area (Å²) in [7, 11) is 0. The molecule has 0 radical (unpaired) electrons. The van der Waals surface area contributed by atoms with Crippen molar-refractivity contribution in [2.75, 3.05) is 9.80 Å². The van der Waals surface area contributed by atoms with Crippen LogP contribution < -0.4 is 9.80 Å². The lowest BCUT2D eigenvalue weighted by Crippen LogP contribution is -2.13. The van der Waals surface area contributed by atoms with E-state index >= 15 is 0 Å². The van der Waals surface area contributed by atoms with Gasteiger partial charge in [0.15, 0.2) is 0 Å². The number of anilines is 6. The minimum Gasteiger partial charge on any atom is -0.310 e. The average Bonchev–Trinajstić information content (AvgIpc) is 3.39. The second-order valence-corrected chi connectivity index (χ2v) is 11.7. The Hall–Kier alpha value is -5.08. The van der Waals surface area contributed by atoms with Gasteiger partial charge in [-0.15, -0.1) is 0 Å². The van der Waals surface area contributed by atoms with Gasteiger partial charge in [-0.25, -0.2) is 0 Å². The summed E-state index contributed by atoms with van der Waals surface area (Å²) < 4.78 is 0. The first-order valence-corrected chi connectivity index (χ1v) is 15.1. The van der Waals surface area contributed by atoms with Crippen molar-refractivity contribution in [3.63, 3.8) is 0 Å². The van der Waals surface area contributed by atoms with Gasteiger partial charge < -0.3 is 9.80 Å². The lowest BCUT2D eigenvalue weighted by molar-refractivity contribution is 1.21. The van der Waals surface area contributed by atoms with Gasteiger partial charge in [0.25, 0.3) is 0 Å². The van der Waals surface area contributed by atoms with Crippen LogP contribution in [0.4, 0.5) is 34.1 Å². The fourth-order valence-corrected chi connectivity index (χ4v) is 6.50. The molecule has 0 amide bonds. The summed E-state index contributed by atoms with van der Waals surface area (Å²) in [5.41, 5.74) is 17.6. The summed E-state index contributed by atoms with van der Waals surface area (Å²) in [6.45, 7) is 8.78. The highest BCUT2D eigenvalue weighted by Gasteiger charge is 2.24. The second kappa shape index (κ2) is 11.0. The highest BCUT2D eigenvalue weighted by Crippen LogP contribution is 2.46. The van der Waals surface area contributed by atoms with Crippen LogP contribution in [-0.2, 0) is 6.42 Å². The van der Waals surface area contributed by atoms with Crippen LogP contribution in [0.3, 0.4) is 0 Å². The summed E-state index contributed by atoms with van der Waals surface area (Å²) >= 11 is 0. The maximum Gasteiger partial charge on any atom is 0.0490 e. The van der Waals surface area contributed by atoms with Crippen molar-refractivity contribution in [1.29, 1.82) is 0 Å². The van der Waals surface area contributed by atoms with Gasteiger partial charge in [-0.05, 0) is 127 Å². The first-order chi connectivity index (χ1) is 21.0. The molecule has 6 aromatic carbocycles. The Morgan fingerprint density at radius 3 is 0.977 bits per heavy atom. The van der Waals surface area contributed by atoms with E-state index in [0.717, 1.165) is 6.42 Å². The fourth-order valence-electron chi connectivity index (χ4n) is 6.50. The quantitative estimate of drug-likeness (QED) is 0.201. The topological polar surface area (TPSA) is 6.48 Å². The van der Waals surface area contributed by atoms with Crippen molar-refractivity contribution in [3.05, 3.63) is 167 Å². The summed E-state index contributed by atoms with van der Waals surface area (Å²) in [6, 6.07) is 48.7. The van der Waals surface area contributed by atoms with E-state index in [9.17, 15) is 0 Å². The summed E-state index contributed by atoms with van der Waals surface area (Å²) in [5, 5.41) is 0. The molecule has 0 aromatic heterocycles. The standard InChI is InChI=1S/C41H36N2/c1-28-13-5-9-17-38(28)42(39-18-10-6-14-29(39)2)34-23-21-32-25-33-22-24-35(27-37(33)36(32)26-34)43(40-19-11-7-15-30(40)3)41-20-12-8-16-31(41)4/h5-24,26-27H,25H2,1-4H3. The van der Waals surface area contributed by atoms with E-state index in [1.165, 1.54) is 78.6 Å². The van der Waals surface area contributed by atoms with Crippen molar-refractivity contribution in [1.82, 2.24) is 0 Å². The molecule has 2 heteroatoms. The number of nitrogens with zero attached hydrogens (tertiary/aromatic N) is 2. The number of para-hydroxylation sites is 4. The maximum atomic E-state index is 2.42. The molecule has 2 nitrogen and oxygen atoms in total. The first kappa shape index (κ1) is 26.8. The van der Waals surface area contributed by atoms with E-state index in [1.54, 1.807) is 0 Å². The molecule has 0 unspecified atom stereocenters. The monoisotopic (exact) mass is 556 g/mol. The van der Waals surface area contributed by atoms with Gasteiger partial charge >= 0.3 is 0 Å². The molecule has 1 aliphatic carbocycles. The van der Waals surface area contributed by atoms with Gasteiger partial charge in [0.05, 0.1) is 0 Å². The van der Waals surface area contributed by atoms with Crippen molar-refractivity contribution in [2.45, 2.75) is 34.1 Å². The third-order valence-electron chi connectivity index (χ3n) is 8.80. The summed E-state index contributed by atoms with van der Waals surface area (Å²) in [5.74, 6) is 0. The van der Waals surface area contributed by atoms with Crippen molar-refractivity contribution in [3.8, 4) is 11.1 Å². The zero-order valence-electron chi connectivity index (χ0n) is 25.3. The van der Waals surface area contributed by atoms with Crippen molar-refractivity contribution in [2.24, 2.45) is 0 Å². The predicted molar refractivity (Wildman–Crippen MR) is 183 cm³/mol. The Kier molecular flexibility index (Phi) is 6.83. The number of rotatable bonds is 6. The second-order valence-electron chi connectivity index (χ2n) is 11.7. The molecule has 1 aliphatic rings. The van der Waals surface area contributed by atoms with Gasteiger partial charge in [0.1, 0.15) is 0 Å². The molecule has 43 heavy (non-hydrogen) atoms. The van der Waals surface area contributed by atoms with Crippen LogP contribution in [-0.4, -0.2) is 0 Å². The molecule has 0 aliphatic heterocycles. The molecular formula is C41H36N2. The van der Waals surface area contributed by atoms with Crippen LogP contribution in [0.2, 0.25) is 0 Å². The molecule has 210 valence electrons. The Balaban J connectivity index is 1.39. The van der Waals surface area contributed by atoms with Gasteiger partial charge in [-0.3, -0.25) is 0 Å². The van der Waals surface area contributed by atoms with Crippen LogP contribution in [0.25, 0.3) is 11.1 Å². The molecule has 0 spiro atoms. The maximum absolute atomic E-state index is 2.42. The Labute approximate surface area is 255 Å². The van der Waals surface area contributed by atoms with Crippen molar-refractivity contribution < 1.29 is 0 Å². The molecule has 0 atom stereocenters. The molecule has 7 rings (SSSR count). The van der Waals surface area contributed by atoms with Crippen LogP contribution in [0.5, 0.6) is 0 Å². The fraction of sp³-hybridized carbons (Fsp3) is 0.122. The normalized spacial score (nSPS) is 11.6. The van der Waals surface area contributed by atoms with Crippen LogP contribution >= 0.6 is 0 Å². The minimum atomic E-state index is 0.953. The number of fused-ring (bicyclic) bond motifs is 3. The van der Waals surface area contributed by atoms with Crippen LogP contribution in [0.15, 0.2) is 133 Å². The van der Waals surface area contributed by atoms with Gasteiger partial charge in [0, 0.05) is 34.1 Å². The zero-order chi connectivity index (χ0) is 29.5. The van der Waals surface area contributed by atoms with E-state index < -0.39 is 0 Å². The number of hydrogen-bond donors (Lipinski definition) is 0. The van der Waals surface area contributed by atoms with Crippen molar-refractivity contribution >= 4 is 34.1 Å². The molecule has 0 N–H and O–H groups in total. The van der Waals surface area contributed by atoms with E-state index in [-0.39, 0.29) is 0 Å². The lowest BCUT2D eigenvalue weighted by Gasteiger charge is -2.29. The molecule has 0 fully saturated rings. The third-order valence-corrected chi connectivity index (χ3v) is 8.80. The summed E-state index contributed by atoms with van der Waals surface area (Å²) in [4.78, 5) is 4.83. The Morgan fingerprint density at radius 1 is 0.372 bits per heavy atom. The molecule has 0 bridgehead atoms. The lowest BCUT2D eigenvalue weighted by atomic mass is 10.0. The van der Waals surface area contributed by atoms with E-state index in [1.807, 2.05) is 0 Å². The average molecular weight is 557 g/mol. The van der Waals surface area contributed by atoms with E-state index in [0.29, 0.717) is 0 Å². The molecule has 0 saturated carbocycles. The Morgan fingerprint density at radius 2 is 0.674 bits per heavy atom. The van der Waals surface area contributed by atoms with Gasteiger partial charge in [0.2, 0.25) is 0 Å². The highest BCUT2D eigenvalue weighted by molar-refractivity contribution is 5.89.